The minimum absolute atomic E-state index is 0. The minimum Gasteiger partial charge on any atom is -0.444 e. The maximum Gasteiger partial charge on any atom is 0.220 e. The molecule has 0 saturated carbocycles. The molecule has 8 heteroatoms. The van der Waals surface area contributed by atoms with Gasteiger partial charge in [-0.3, -0.25) is 9.69 Å². The first kappa shape index (κ1) is 26.2. The van der Waals surface area contributed by atoms with Crippen molar-refractivity contribution in [3.8, 4) is 0 Å². The van der Waals surface area contributed by atoms with Crippen LogP contribution in [0.5, 0.6) is 0 Å². The molecule has 6 nitrogen and oxygen atoms in total. The Bertz CT molecular complexity index is 512. The molecule has 0 atom stereocenters. The number of carbonyl (C=O) groups excluding carboxylic acids is 1. The number of amides is 1. The maximum absolute atomic E-state index is 11.9. The topological polar surface area (TPSA) is 84.4 Å². The van der Waals surface area contributed by atoms with Gasteiger partial charge in [-0.1, -0.05) is 12.8 Å². The first-order valence-electron chi connectivity index (χ1n) is 9.70. The van der Waals surface area contributed by atoms with Gasteiger partial charge in [0.25, 0.3) is 0 Å². The predicted octanol–water partition coefficient (Wildman–Crippen LogP) is 3.37. The van der Waals surface area contributed by atoms with Gasteiger partial charge in [0.05, 0.1) is 12.2 Å². The third-order valence-corrected chi connectivity index (χ3v) is 5.08. The van der Waals surface area contributed by atoms with Crippen LogP contribution >= 0.6 is 24.8 Å². The van der Waals surface area contributed by atoms with Gasteiger partial charge in [-0.05, 0) is 65.1 Å². The van der Waals surface area contributed by atoms with Gasteiger partial charge >= 0.3 is 0 Å². The van der Waals surface area contributed by atoms with Crippen molar-refractivity contribution in [3.63, 3.8) is 0 Å². The van der Waals surface area contributed by atoms with Gasteiger partial charge in [-0.2, -0.15) is 0 Å². The van der Waals surface area contributed by atoms with Crippen LogP contribution in [0.3, 0.4) is 0 Å². The zero-order chi connectivity index (χ0) is 18.1. The lowest BCUT2D eigenvalue weighted by Crippen LogP contribution is -2.38. The predicted molar refractivity (Wildman–Crippen MR) is 114 cm³/mol. The molecule has 1 aliphatic rings. The molecule has 0 unspecified atom stereocenters. The van der Waals surface area contributed by atoms with Gasteiger partial charge in [0.2, 0.25) is 11.8 Å². The molecule has 1 aromatic heterocycles. The standard InChI is InChI=1S/C19H34N4O2.2ClH/c1-15-16(2)25-19(22-15)14-23-11-8-17(9-12-23)13-21-18(24)7-5-3-4-6-10-20;;/h17H,3-14,20H2,1-2H3,(H,21,24);2*1H. The number of halogens is 2. The Balaban J connectivity index is 0.00000338. The smallest absolute Gasteiger partial charge is 0.220 e. The van der Waals surface area contributed by atoms with E-state index >= 15 is 0 Å². The van der Waals surface area contributed by atoms with E-state index in [4.69, 9.17) is 10.2 Å². The quantitative estimate of drug-likeness (QED) is 0.564. The summed E-state index contributed by atoms with van der Waals surface area (Å²) in [5.74, 6) is 2.51. The maximum atomic E-state index is 11.9. The normalized spacial score (nSPS) is 15.1. The third kappa shape index (κ3) is 9.79. The van der Waals surface area contributed by atoms with Crippen molar-refractivity contribution in [2.45, 2.75) is 65.3 Å². The fourth-order valence-electron chi connectivity index (χ4n) is 3.28. The SMILES string of the molecule is Cc1nc(CN2CCC(CNC(=O)CCCCCCN)CC2)oc1C.Cl.Cl. The van der Waals surface area contributed by atoms with Crippen LogP contribution in [0.4, 0.5) is 0 Å². The summed E-state index contributed by atoms with van der Waals surface area (Å²) in [5.41, 5.74) is 6.45. The molecule has 158 valence electrons. The highest BCUT2D eigenvalue weighted by Gasteiger charge is 2.21. The Kier molecular flexibility index (Phi) is 13.8. The number of nitrogens with zero attached hydrogens (tertiary/aromatic N) is 2. The highest BCUT2D eigenvalue weighted by Crippen LogP contribution is 2.19. The van der Waals surface area contributed by atoms with Crippen LogP contribution < -0.4 is 11.1 Å². The van der Waals surface area contributed by atoms with Crippen molar-refractivity contribution in [1.29, 1.82) is 0 Å². The lowest BCUT2D eigenvalue weighted by atomic mass is 9.96. The van der Waals surface area contributed by atoms with Crippen molar-refractivity contribution in [1.82, 2.24) is 15.2 Å². The molecule has 2 rings (SSSR count). The lowest BCUT2D eigenvalue weighted by molar-refractivity contribution is -0.121. The average Bonchev–Trinajstić information content (AvgIpc) is 2.91. The molecule has 0 aliphatic carbocycles. The second kappa shape index (κ2) is 14.2. The first-order valence-corrected chi connectivity index (χ1v) is 9.70. The van der Waals surface area contributed by atoms with Gasteiger partial charge in [0, 0.05) is 13.0 Å². The number of aryl methyl sites for hydroxylation is 2. The van der Waals surface area contributed by atoms with Crippen LogP contribution in [-0.2, 0) is 11.3 Å². The molecule has 3 N–H and O–H groups in total. The number of rotatable bonds is 10. The summed E-state index contributed by atoms with van der Waals surface area (Å²) in [4.78, 5) is 18.7. The fourth-order valence-corrected chi connectivity index (χ4v) is 3.28. The Hall–Kier alpha value is -0.820. The van der Waals surface area contributed by atoms with Crippen LogP contribution in [0.15, 0.2) is 4.42 Å². The molecule has 2 heterocycles. The average molecular weight is 423 g/mol. The summed E-state index contributed by atoms with van der Waals surface area (Å²) < 4.78 is 5.67. The van der Waals surface area contributed by atoms with Gasteiger partial charge in [-0.25, -0.2) is 4.98 Å². The summed E-state index contributed by atoms with van der Waals surface area (Å²) in [6, 6.07) is 0. The number of aromatic nitrogens is 1. The largest absolute Gasteiger partial charge is 0.444 e. The zero-order valence-corrected chi connectivity index (χ0v) is 18.3. The molecule has 27 heavy (non-hydrogen) atoms. The van der Waals surface area contributed by atoms with Crippen molar-refractivity contribution in [3.05, 3.63) is 17.3 Å². The van der Waals surface area contributed by atoms with Crippen LogP contribution in [0, 0.1) is 19.8 Å². The number of likely N-dealkylation sites (tertiary alicyclic amines) is 1. The Morgan fingerprint density at radius 2 is 1.85 bits per heavy atom. The summed E-state index contributed by atoms with van der Waals surface area (Å²) in [5, 5.41) is 3.11. The highest BCUT2D eigenvalue weighted by atomic mass is 35.5. The molecule has 1 fully saturated rings. The van der Waals surface area contributed by atoms with Gasteiger partial charge in [0.1, 0.15) is 5.76 Å². The number of hydrogen-bond acceptors (Lipinski definition) is 5. The fraction of sp³-hybridized carbons (Fsp3) is 0.789. The molecule has 1 amide bonds. The number of piperidine rings is 1. The molecule has 0 aromatic carbocycles. The van der Waals surface area contributed by atoms with Crippen molar-refractivity contribution < 1.29 is 9.21 Å². The van der Waals surface area contributed by atoms with E-state index < -0.39 is 0 Å². The number of nitrogens with two attached hydrogens (primary N) is 1. The van der Waals surface area contributed by atoms with E-state index in [0.717, 1.165) is 88.6 Å². The van der Waals surface area contributed by atoms with E-state index in [1.807, 2.05) is 13.8 Å². The van der Waals surface area contributed by atoms with E-state index in [1.165, 1.54) is 0 Å². The molecule has 1 aromatic rings. The Labute approximate surface area is 175 Å². The number of nitrogens with one attached hydrogen (secondary N) is 1. The van der Waals surface area contributed by atoms with E-state index in [9.17, 15) is 4.79 Å². The molecule has 1 aliphatic heterocycles. The second-order valence-corrected chi connectivity index (χ2v) is 7.23. The zero-order valence-electron chi connectivity index (χ0n) is 16.7. The number of unbranched alkanes of at least 4 members (excludes halogenated alkanes) is 3. The lowest BCUT2D eigenvalue weighted by Gasteiger charge is -2.31. The number of hydrogen-bond donors (Lipinski definition) is 2. The summed E-state index contributed by atoms with van der Waals surface area (Å²) in [6.07, 6.45) is 7.15. The van der Waals surface area contributed by atoms with Crippen LogP contribution in [0.1, 0.15) is 62.3 Å². The van der Waals surface area contributed by atoms with Crippen LogP contribution in [0.2, 0.25) is 0 Å². The van der Waals surface area contributed by atoms with Crippen molar-refractivity contribution in [2.24, 2.45) is 11.7 Å². The van der Waals surface area contributed by atoms with Crippen LogP contribution in [0.25, 0.3) is 0 Å². The molecule has 0 spiro atoms. The molecule has 1 saturated heterocycles. The van der Waals surface area contributed by atoms with E-state index in [0.29, 0.717) is 12.3 Å². The Morgan fingerprint density at radius 3 is 2.44 bits per heavy atom. The van der Waals surface area contributed by atoms with Gasteiger partial charge < -0.3 is 15.5 Å². The van der Waals surface area contributed by atoms with Crippen molar-refractivity contribution >= 4 is 30.7 Å². The summed E-state index contributed by atoms with van der Waals surface area (Å²) in [7, 11) is 0. The monoisotopic (exact) mass is 422 g/mol. The first-order chi connectivity index (χ1) is 12.1. The molecule has 0 bridgehead atoms. The minimum atomic E-state index is 0. The summed E-state index contributed by atoms with van der Waals surface area (Å²) >= 11 is 0. The summed E-state index contributed by atoms with van der Waals surface area (Å²) in [6.45, 7) is 8.37. The highest BCUT2D eigenvalue weighted by molar-refractivity contribution is 5.85. The van der Waals surface area contributed by atoms with E-state index in [1.54, 1.807) is 0 Å². The van der Waals surface area contributed by atoms with Crippen LogP contribution in [-0.4, -0.2) is 42.0 Å². The number of oxazole rings is 1. The van der Waals surface area contributed by atoms with Gasteiger partial charge in [-0.15, -0.1) is 24.8 Å². The second-order valence-electron chi connectivity index (χ2n) is 7.23. The van der Waals surface area contributed by atoms with E-state index in [-0.39, 0.29) is 30.7 Å². The molecule has 0 radical (unpaired) electrons. The third-order valence-electron chi connectivity index (χ3n) is 5.08. The van der Waals surface area contributed by atoms with E-state index in [2.05, 4.69) is 15.2 Å². The number of carbonyl (C=O) groups is 1. The molecular weight excluding hydrogens is 387 g/mol. The molecular formula is C19H36Cl2N4O2. The van der Waals surface area contributed by atoms with Crippen molar-refractivity contribution in [2.75, 3.05) is 26.2 Å². The Morgan fingerprint density at radius 1 is 1.19 bits per heavy atom. The van der Waals surface area contributed by atoms with Gasteiger partial charge in [0.15, 0.2) is 0 Å².